The summed E-state index contributed by atoms with van der Waals surface area (Å²) in [5.41, 5.74) is 7.68. The SMILES string of the molecule is CC1(C)CC(=O)C2=C(C1)N(c1nnc(SCC(=O)Nc3ccc(Cl)c(C(=O)O)c3)s1)C(N)=C(C#N)C2c1ccco1. The van der Waals surface area contributed by atoms with Gasteiger partial charge in [0, 0.05) is 23.4 Å². The Morgan fingerprint density at radius 2 is 2.12 bits per heavy atom. The molecule has 0 saturated heterocycles. The van der Waals surface area contributed by atoms with Crippen LogP contribution in [0.15, 0.2) is 68.0 Å². The lowest BCUT2D eigenvalue weighted by Gasteiger charge is -2.42. The fourth-order valence-electron chi connectivity index (χ4n) is 4.91. The molecule has 0 radical (unpaired) electrons. The highest BCUT2D eigenvalue weighted by Gasteiger charge is 2.46. The average molecular weight is 611 g/mol. The van der Waals surface area contributed by atoms with Crippen LogP contribution in [0.4, 0.5) is 10.8 Å². The summed E-state index contributed by atoms with van der Waals surface area (Å²) in [5, 5.41) is 30.9. The molecule has 2 aliphatic rings. The molecule has 1 unspecified atom stereocenters. The largest absolute Gasteiger partial charge is 0.478 e. The van der Waals surface area contributed by atoms with Gasteiger partial charge in [0.05, 0.1) is 40.2 Å². The van der Waals surface area contributed by atoms with E-state index in [1.165, 1.54) is 35.8 Å². The highest BCUT2D eigenvalue weighted by Crippen LogP contribution is 2.50. The molecule has 1 aromatic carbocycles. The van der Waals surface area contributed by atoms with Gasteiger partial charge in [-0.05, 0) is 42.2 Å². The average Bonchev–Trinajstić information content (AvgIpc) is 3.60. The number of carboxylic acids is 1. The number of hydrogen-bond acceptors (Lipinski definition) is 11. The number of benzene rings is 1. The molecule has 1 amide bonds. The van der Waals surface area contributed by atoms with Crippen LogP contribution >= 0.6 is 34.7 Å². The summed E-state index contributed by atoms with van der Waals surface area (Å²) in [4.78, 5) is 39.0. The van der Waals surface area contributed by atoms with Crippen LogP contribution < -0.4 is 16.0 Å². The van der Waals surface area contributed by atoms with Gasteiger partial charge in [0.2, 0.25) is 11.0 Å². The zero-order valence-corrected chi connectivity index (χ0v) is 24.2. The number of nitrogens with one attached hydrogen (secondary N) is 1. The maximum atomic E-state index is 13.5. The fourth-order valence-corrected chi connectivity index (χ4v) is 6.79. The van der Waals surface area contributed by atoms with Gasteiger partial charge in [-0.15, -0.1) is 10.2 Å². The van der Waals surface area contributed by atoms with Gasteiger partial charge < -0.3 is 20.6 Å². The standard InChI is InChI=1S/C27H23ClN6O5S2/c1-27(2)9-17-22(18(35)10-27)21(19-4-3-7-39-19)15(11-29)23(30)34(17)25-32-33-26(41-25)40-12-20(36)31-13-5-6-16(28)14(8-13)24(37)38/h3-8,21H,9-10,12,30H2,1-2H3,(H,31,36)(H,37,38). The smallest absolute Gasteiger partial charge is 0.337 e. The number of aromatic carboxylic acids is 1. The number of aromatic nitrogens is 2. The Kier molecular flexibility index (Phi) is 7.65. The molecule has 3 aromatic rings. The fraction of sp³-hybridized carbons (Fsp3) is 0.259. The van der Waals surface area contributed by atoms with Crippen LogP contribution in [-0.4, -0.2) is 38.7 Å². The number of halogens is 1. The molecule has 0 bridgehead atoms. The molecule has 14 heteroatoms. The molecule has 1 atom stereocenters. The Balaban J connectivity index is 1.40. The molecule has 3 heterocycles. The normalized spacial score (nSPS) is 18.2. The van der Waals surface area contributed by atoms with Gasteiger partial charge in [-0.2, -0.15) is 5.26 Å². The predicted molar refractivity (Wildman–Crippen MR) is 153 cm³/mol. The first-order valence-corrected chi connectivity index (χ1v) is 14.5. The number of nitriles is 1. The third-order valence-electron chi connectivity index (χ3n) is 6.60. The molecule has 1 aliphatic heterocycles. The minimum Gasteiger partial charge on any atom is -0.478 e. The van der Waals surface area contributed by atoms with Gasteiger partial charge in [-0.1, -0.05) is 48.5 Å². The first-order valence-electron chi connectivity index (χ1n) is 12.3. The number of rotatable bonds is 7. The Bertz CT molecular complexity index is 1670. The van der Waals surface area contributed by atoms with Crippen LogP contribution in [0.25, 0.3) is 0 Å². The van der Waals surface area contributed by atoms with Crippen LogP contribution in [-0.2, 0) is 9.59 Å². The van der Waals surface area contributed by atoms with Crippen molar-refractivity contribution in [3.8, 4) is 6.07 Å². The van der Waals surface area contributed by atoms with Crippen LogP contribution in [0.2, 0.25) is 5.02 Å². The second kappa shape index (κ2) is 11.0. The quantitative estimate of drug-likeness (QED) is 0.301. The van der Waals surface area contributed by atoms with Crippen molar-refractivity contribution < 1.29 is 23.9 Å². The van der Waals surface area contributed by atoms with E-state index in [9.17, 15) is 24.8 Å². The topological polar surface area (TPSA) is 175 Å². The van der Waals surface area contributed by atoms with Gasteiger partial charge in [-0.25, -0.2) is 4.79 Å². The van der Waals surface area contributed by atoms with Crippen molar-refractivity contribution in [1.82, 2.24) is 10.2 Å². The number of carbonyl (C=O) groups excluding carboxylic acids is 2. The molecule has 0 saturated carbocycles. The highest BCUT2D eigenvalue weighted by molar-refractivity contribution is 8.01. The third-order valence-corrected chi connectivity index (χ3v) is 8.97. The zero-order chi connectivity index (χ0) is 29.5. The van der Waals surface area contributed by atoms with Crippen LogP contribution in [0, 0.1) is 16.7 Å². The van der Waals surface area contributed by atoms with Crippen molar-refractivity contribution in [1.29, 1.82) is 5.26 Å². The molecule has 11 nitrogen and oxygen atoms in total. The molecule has 4 N–H and O–H groups in total. The minimum absolute atomic E-state index is 0.0333. The number of nitrogens with zero attached hydrogens (tertiary/aromatic N) is 4. The van der Waals surface area contributed by atoms with E-state index in [0.717, 1.165) is 11.8 Å². The molecule has 0 spiro atoms. The highest BCUT2D eigenvalue weighted by atomic mass is 35.5. The number of anilines is 2. The molecule has 41 heavy (non-hydrogen) atoms. The van der Waals surface area contributed by atoms with Gasteiger partial charge in [0.15, 0.2) is 10.1 Å². The number of Topliss-reactive ketones (excluding diaryl/α,β-unsaturated/α-hetero) is 1. The third kappa shape index (κ3) is 5.58. The van der Waals surface area contributed by atoms with Crippen molar-refractivity contribution in [3.63, 3.8) is 0 Å². The van der Waals surface area contributed by atoms with E-state index in [-0.39, 0.29) is 44.8 Å². The van der Waals surface area contributed by atoms with E-state index >= 15 is 0 Å². The summed E-state index contributed by atoms with van der Waals surface area (Å²) in [6.45, 7) is 3.99. The number of carboxylic acid groups (broad SMARTS) is 1. The molecular weight excluding hydrogens is 588 g/mol. The van der Waals surface area contributed by atoms with Crippen molar-refractivity contribution in [2.45, 2.75) is 36.9 Å². The summed E-state index contributed by atoms with van der Waals surface area (Å²) in [6.07, 6.45) is 2.31. The Morgan fingerprint density at radius 3 is 2.80 bits per heavy atom. The lowest BCUT2D eigenvalue weighted by Crippen LogP contribution is -2.42. The van der Waals surface area contributed by atoms with E-state index in [1.807, 2.05) is 13.8 Å². The van der Waals surface area contributed by atoms with Gasteiger partial charge in [0.1, 0.15) is 11.6 Å². The van der Waals surface area contributed by atoms with Crippen LogP contribution in [0.1, 0.15) is 48.7 Å². The summed E-state index contributed by atoms with van der Waals surface area (Å²) in [7, 11) is 0. The number of furan rings is 1. The summed E-state index contributed by atoms with van der Waals surface area (Å²) in [6, 6.07) is 9.78. The van der Waals surface area contributed by atoms with E-state index in [1.54, 1.807) is 17.0 Å². The Morgan fingerprint density at radius 1 is 1.34 bits per heavy atom. The van der Waals surface area contributed by atoms with E-state index < -0.39 is 11.9 Å². The van der Waals surface area contributed by atoms with Gasteiger partial charge >= 0.3 is 5.97 Å². The molecule has 210 valence electrons. The van der Waals surface area contributed by atoms with Crippen molar-refractivity contribution in [2.24, 2.45) is 11.1 Å². The molecular formula is C27H23ClN6O5S2. The zero-order valence-electron chi connectivity index (χ0n) is 21.8. The first-order chi connectivity index (χ1) is 19.5. The number of amides is 1. The number of hydrogen-bond donors (Lipinski definition) is 3. The van der Waals surface area contributed by atoms with Gasteiger partial charge in [0.25, 0.3) is 0 Å². The number of thioether (sulfide) groups is 1. The maximum absolute atomic E-state index is 13.5. The summed E-state index contributed by atoms with van der Waals surface area (Å²) in [5.74, 6) is -1.84. The monoisotopic (exact) mass is 610 g/mol. The first kappa shape index (κ1) is 28.4. The number of allylic oxidation sites excluding steroid dienone is 3. The number of nitrogens with two attached hydrogens (primary N) is 1. The molecule has 5 rings (SSSR count). The minimum atomic E-state index is -1.20. The molecule has 0 fully saturated rings. The molecule has 1 aliphatic carbocycles. The van der Waals surface area contributed by atoms with Crippen molar-refractivity contribution in [2.75, 3.05) is 16.0 Å². The summed E-state index contributed by atoms with van der Waals surface area (Å²) < 4.78 is 6.08. The van der Waals surface area contributed by atoms with E-state index in [2.05, 4.69) is 21.6 Å². The molecule has 2 aromatic heterocycles. The van der Waals surface area contributed by atoms with E-state index in [0.29, 0.717) is 45.0 Å². The summed E-state index contributed by atoms with van der Waals surface area (Å²) >= 11 is 8.19. The van der Waals surface area contributed by atoms with E-state index in [4.69, 9.17) is 21.8 Å². The number of carbonyl (C=O) groups is 3. The Hall–Kier alpha value is -4.12. The maximum Gasteiger partial charge on any atom is 0.337 e. The lowest BCUT2D eigenvalue weighted by molar-refractivity contribution is -0.118. The Labute approximate surface area is 247 Å². The van der Waals surface area contributed by atoms with Crippen molar-refractivity contribution >= 4 is 63.2 Å². The van der Waals surface area contributed by atoms with Gasteiger partial charge in [-0.3, -0.25) is 14.5 Å². The second-order valence-corrected chi connectivity index (χ2v) is 12.8. The van der Waals surface area contributed by atoms with Crippen LogP contribution in [0.5, 0.6) is 0 Å². The predicted octanol–water partition coefficient (Wildman–Crippen LogP) is 5.15. The van der Waals surface area contributed by atoms with Crippen LogP contribution in [0.3, 0.4) is 0 Å². The van der Waals surface area contributed by atoms with Crippen molar-refractivity contribution in [3.05, 3.63) is 75.6 Å². The lowest BCUT2D eigenvalue weighted by atomic mass is 9.69. The number of ketones is 1. The second-order valence-electron chi connectivity index (χ2n) is 10.2.